The van der Waals surface area contributed by atoms with Gasteiger partial charge >= 0.3 is 5.69 Å². The van der Waals surface area contributed by atoms with Crippen LogP contribution in [0.2, 0.25) is 0 Å². The van der Waals surface area contributed by atoms with E-state index >= 15 is 0 Å². The van der Waals surface area contributed by atoms with E-state index in [1.54, 1.807) is 11.8 Å². The van der Waals surface area contributed by atoms with Crippen LogP contribution >= 0.6 is 11.8 Å². The van der Waals surface area contributed by atoms with Gasteiger partial charge in [0.2, 0.25) is 15.8 Å². The highest BCUT2D eigenvalue weighted by atomic mass is 32.2. The van der Waals surface area contributed by atoms with Crippen LogP contribution in [0.25, 0.3) is 0 Å². The zero-order valence-corrected chi connectivity index (χ0v) is 14.1. The molecule has 0 heterocycles. The minimum atomic E-state index is -3.91. The Morgan fingerprint density at radius 1 is 1.17 bits per heavy atom. The van der Waals surface area contributed by atoms with E-state index < -0.39 is 26.5 Å². The summed E-state index contributed by atoms with van der Waals surface area (Å²) in [4.78, 5) is 9.40. The van der Waals surface area contributed by atoms with Gasteiger partial charge in [-0.3, -0.25) is 10.1 Å². The summed E-state index contributed by atoms with van der Waals surface area (Å²) in [5, 5.41) is 10.7. The van der Waals surface area contributed by atoms with E-state index in [1.165, 1.54) is 0 Å². The van der Waals surface area contributed by atoms with Crippen molar-refractivity contribution >= 4 is 27.5 Å². The van der Waals surface area contributed by atoms with E-state index in [0.717, 1.165) is 29.5 Å². The Balaban J connectivity index is 1.89. The van der Waals surface area contributed by atoms with Crippen LogP contribution in [0, 0.1) is 15.9 Å². The molecule has 24 heavy (non-hydrogen) atoms. The SMILES string of the molecule is O=[N+]([O-])c1cc(S(=O)(=O)NCCSCc2ccccc2)ccc1F. The number of hydrogen-bond donors (Lipinski definition) is 1. The van der Waals surface area contributed by atoms with Gasteiger partial charge < -0.3 is 0 Å². The van der Waals surface area contributed by atoms with E-state index in [0.29, 0.717) is 5.75 Å². The third-order valence-corrected chi connectivity index (χ3v) is 5.56. The molecule has 2 rings (SSSR count). The molecule has 2 aromatic rings. The molecular formula is C15H15FN2O4S2. The fourth-order valence-corrected chi connectivity index (χ4v) is 3.89. The van der Waals surface area contributed by atoms with Crippen molar-refractivity contribution < 1.29 is 17.7 Å². The lowest BCUT2D eigenvalue weighted by molar-refractivity contribution is -0.387. The van der Waals surface area contributed by atoms with E-state index in [4.69, 9.17) is 0 Å². The van der Waals surface area contributed by atoms with Crippen molar-refractivity contribution in [1.29, 1.82) is 0 Å². The molecular weight excluding hydrogens is 355 g/mol. The molecule has 9 heteroatoms. The molecule has 0 atom stereocenters. The van der Waals surface area contributed by atoms with Crippen molar-refractivity contribution in [1.82, 2.24) is 4.72 Å². The topological polar surface area (TPSA) is 89.3 Å². The smallest absolute Gasteiger partial charge is 0.258 e. The zero-order valence-electron chi connectivity index (χ0n) is 12.5. The minimum absolute atomic E-state index is 0.172. The molecule has 0 aromatic heterocycles. The molecule has 128 valence electrons. The van der Waals surface area contributed by atoms with Gasteiger partial charge in [-0.25, -0.2) is 13.1 Å². The summed E-state index contributed by atoms with van der Waals surface area (Å²) >= 11 is 1.56. The maximum atomic E-state index is 13.3. The van der Waals surface area contributed by atoms with Crippen molar-refractivity contribution in [3.8, 4) is 0 Å². The summed E-state index contributed by atoms with van der Waals surface area (Å²) < 4.78 is 39.8. The van der Waals surface area contributed by atoms with Crippen LogP contribution in [0.3, 0.4) is 0 Å². The van der Waals surface area contributed by atoms with E-state index in [-0.39, 0.29) is 11.4 Å². The third kappa shape index (κ3) is 5.02. The predicted molar refractivity (Wildman–Crippen MR) is 90.8 cm³/mol. The third-order valence-electron chi connectivity index (χ3n) is 3.07. The molecule has 0 amide bonds. The molecule has 0 fully saturated rings. The summed E-state index contributed by atoms with van der Waals surface area (Å²) in [6, 6.07) is 12.2. The number of benzene rings is 2. The predicted octanol–water partition coefficient (Wildman–Crippen LogP) is 2.95. The standard InChI is InChI=1S/C15H15FN2O4S2/c16-14-7-6-13(10-15(14)18(19)20)24(21,22)17-8-9-23-11-12-4-2-1-3-5-12/h1-7,10,17H,8-9,11H2. The number of hydrogen-bond acceptors (Lipinski definition) is 5. The van der Waals surface area contributed by atoms with Gasteiger partial charge in [0.25, 0.3) is 0 Å². The lowest BCUT2D eigenvalue weighted by atomic mass is 10.2. The normalized spacial score (nSPS) is 11.4. The second-order valence-electron chi connectivity index (χ2n) is 4.81. The molecule has 0 aliphatic heterocycles. The number of thioether (sulfide) groups is 1. The van der Waals surface area contributed by atoms with E-state index in [9.17, 15) is 22.9 Å². The highest BCUT2D eigenvalue weighted by molar-refractivity contribution is 7.98. The average Bonchev–Trinajstić information content (AvgIpc) is 2.55. The van der Waals surface area contributed by atoms with Gasteiger partial charge in [-0.05, 0) is 17.7 Å². The first-order valence-electron chi connectivity index (χ1n) is 6.95. The van der Waals surface area contributed by atoms with Crippen molar-refractivity contribution in [3.63, 3.8) is 0 Å². The number of nitrogens with zero attached hydrogens (tertiary/aromatic N) is 1. The quantitative estimate of drug-likeness (QED) is 0.438. The molecule has 1 N–H and O–H groups in total. The van der Waals surface area contributed by atoms with Crippen molar-refractivity contribution in [3.05, 3.63) is 70.0 Å². The van der Waals surface area contributed by atoms with Gasteiger partial charge in [-0.15, -0.1) is 0 Å². The summed E-state index contributed by atoms with van der Waals surface area (Å²) in [6.45, 7) is 0.172. The Morgan fingerprint density at radius 2 is 1.88 bits per heavy atom. The second-order valence-corrected chi connectivity index (χ2v) is 7.68. The fourth-order valence-electron chi connectivity index (χ4n) is 1.90. The van der Waals surface area contributed by atoms with E-state index in [2.05, 4.69) is 4.72 Å². The second kappa shape index (κ2) is 8.22. The van der Waals surface area contributed by atoms with Gasteiger partial charge in [0.05, 0.1) is 9.82 Å². The summed E-state index contributed by atoms with van der Waals surface area (Å²) in [5.74, 6) is 0.222. The van der Waals surface area contributed by atoms with Crippen LogP contribution in [-0.2, 0) is 15.8 Å². The first-order chi connectivity index (χ1) is 11.4. The number of rotatable bonds is 8. The molecule has 0 aliphatic carbocycles. The van der Waals surface area contributed by atoms with E-state index in [1.807, 2.05) is 30.3 Å². The maximum absolute atomic E-state index is 13.3. The highest BCUT2D eigenvalue weighted by Crippen LogP contribution is 2.21. The Morgan fingerprint density at radius 3 is 2.54 bits per heavy atom. The summed E-state index contributed by atoms with van der Waals surface area (Å²) in [5.41, 5.74) is 0.274. The Bertz CT molecular complexity index is 813. The maximum Gasteiger partial charge on any atom is 0.306 e. The number of nitro groups is 1. The Kier molecular flexibility index (Phi) is 6.29. The zero-order chi connectivity index (χ0) is 17.6. The molecule has 0 unspecified atom stereocenters. The lowest BCUT2D eigenvalue weighted by Gasteiger charge is -2.07. The largest absolute Gasteiger partial charge is 0.306 e. The molecule has 6 nitrogen and oxygen atoms in total. The van der Waals surface area contributed by atoms with Crippen LogP contribution in [0.4, 0.5) is 10.1 Å². The monoisotopic (exact) mass is 370 g/mol. The first kappa shape index (κ1) is 18.4. The van der Waals surface area contributed by atoms with Crippen LogP contribution < -0.4 is 4.72 Å². The van der Waals surface area contributed by atoms with Crippen LogP contribution in [0.1, 0.15) is 5.56 Å². The van der Waals surface area contributed by atoms with Gasteiger partial charge in [-0.1, -0.05) is 30.3 Å². The molecule has 0 radical (unpaired) electrons. The average molecular weight is 370 g/mol. The van der Waals surface area contributed by atoms with Crippen molar-refractivity contribution in [2.75, 3.05) is 12.3 Å². The molecule has 0 spiro atoms. The first-order valence-corrected chi connectivity index (χ1v) is 9.59. The minimum Gasteiger partial charge on any atom is -0.258 e. The van der Waals surface area contributed by atoms with Gasteiger partial charge in [-0.2, -0.15) is 16.2 Å². The lowest BCUT2D eigenvalue weighted by Crippen LogP contribution is -2.26. The fraction of sp³-hybridized carbons (Fsp3) is 0.200. The van der Waals surface area contributed by atoms with Crippen molar-refractivity contribution in [2.24, 2.45) is 0 Å². The van der Waals surface area contributed by atoms with Gasteiger partial charge in [0.15, 0.2) is 0 Å². The Hall–Kier alpha value is -1.97. The molecule has 0 saturated carbocycles. The molecule has 0 bridgehead atoms. The van der Waals surface area contributed by atoms with Crippen LogP contribution in [0.5, 0.6) is 0 Å². The van der Waals surface area contributed by atoms with Crippen LogP contribution in [-0.4, -0.2) is 25.6 Å². The Labute approximate surface area is 143 Å². The number of nitrogens with one attached hydrogen (secondary N) is 1. The highest BCUT2D eigenvalue weighted by Gasteiger charge is 2.21. The van der Waals surface area contributed by atoms with Gasteiger partial charge in [0.1, 0.15) is 0 Å². The molecule has 0 aliphatic rings. The molecule has 2 aromatic carbocycles. The number of halogens is 1. The van der Waals surface area contributed by atoms with Gasteiger partial charge in [0, 0.05) is 24.1 Å². The summed E-state index contributed by atoms with van der Waals surface area (Å²) in [6.07, 6.45) is 0. The summed E-state index contributed by atoms with van der Waals surface area (Å²) in [7, 11) is -3.91. The van der Waals surface area contributed by atoms with Crippen LogP contribution in [0.15, 0.2) is 53.4 Å². The number of nitro benzene ring substituents is 1. The number of sulfonamides is 1. The molecule has 0 saturated heterocycles. The van der Waals surface area contributed by atoms with Crippen molar-refractivity contribution in [2.45, 2.75) is 10.6 Å².